The number of rotatable bonds is 16. The number of hydrogen-bond donors (Lipinski definition) is 2. The number of hydrogen-bond acceptors (Lipinski definition) is 10. The minimum atomic E-state index is -4.57. The Labute approximate surface area is 390 Å². The number of halogens is 5. The van der Waals surface area contributed by atoms with Gasteiger partial charge in [-0.15, -0.1) is 0 Å². The summed E-state index contributed by atoms with van der Waals surface area (Å²) in [6, 6.07) is 24.3. The smallest absolute Gasteiger partial charge is 0.330 e. The molecule has 0 saturated carbocycles. The zero-order valence-electron chi connectivity index (χ0n) is 34.7. The van der Waals surface area contributed by atoms with Crippen LogP contribution < -0.4 is 35.0 Å². The van der Waals surface area contributed by atoms with Gasteiger partial charge < -0.3 is 37.8 Å². The Kier molecular flexibility index (Phi) is 17.8. The number of H-pyrrole nitrogens is 1. The normalized spacial score (nSPS) is 17.3. The lowest BCUT2D eigenvalue weighted by atomic mass is 9.80. The predicted molar refractivity (Wildman–Crippen MR) is 247 cm³/mol. The zero-order chi connectivity index (χ0) is 45.4. The van der Waals surface area contributed by atoms with Crippen LogP contribution in [0.3, 0.4) is 0 Å². The standard InChI is InChI=1S/C37H32Cl5N2O9PS.C6H15N/c1-20-18-44(36(46)43-35(20)45)28-17-26(52-54(47,55)53-34-32(41)30(39)29(38)31(40)33(34)42)27(51-28)19-50-37(21-7-5-4-6-8-21,22-9-13-24(48-2)14-10-22)23-11-15-25(49-3)16-12-23;1-4-7(5-2)6-3/h4-16,18,26-28H,17,19H2,1-3H3,(H,47,55)(H,43,45,46);4-6H2,1-3H3/t26-,27+,28+,54?;/m0./s1. The van der Waals surface area contributed by atoms with Crippen molar-refractivity contribution in [2.24, 2.45) is 0 Å². The van der Waals surface area contributed by atoms with E-state index in [1.807, 2.05) is 78.9 Å². The minimum Gasteiger partial charge on any atom is -0.770 e. The second-order valence-corrected chi connectivity index (χ2v) is 18.6. The van der Waals surface area contributed by atoms with Crippen LogP contribution in [0.1, 0.15) is 55.7 Å². The van der Waals surface area contributed by atoms with Crippen LogP contribution in [-0.4, -0.2) is 62.2 Å². The van der Waals surface area contributed by atoms with Crippen molar-refractivity contribution in [3.63, 3.8) is 0 Å². The largest absolute Gasteiger partial charge is 0.770 e. The van der Waals surface area contributed by atoms with E-state index in [2.05, 4.69) is 25.8 Å². The van der Waals surface area contributed by atoms with Gasteiger partial charge in [0.2, 0.25) is 0 Å². The van der Waals surface area contributed by atoms with Crippen molar-refractivity contribution in [2.45, 2.75) is 58.2 Å². The van der Waals surface area contributed by atoms with Gasteiger partial charge in [-0.3, -0.25) is 14.3 Å². The van der Waals surface area contributed by atoms with E-state index in [0.717, 1.165) is 16.7 Å². The number of ether oxygens (including phenoxy) is 4. The highest BCUT2D eigenvalue weighted by Gasteiger charge is 2.44. The first kappa shape index (κ1) is 49.9. The van der Waals surface area contributed by atoms with Gasteiger partial charge in [0.25, 0.3) is 5.56 Å². The van der Waals surface area contributed by atoms with Crippen LogP contribution in [0.4, 0.5) is 0 Å². The average molecular weight is 990 g/mol. The Morgan fingerprint density at radius 2 is 1.29 bits per heavy atom. The molecule has 6 rings (SSSR count). The molecule has 2 heterocycles. The molecule has 12 nitrogen and oxygen atoms in total. The maximum Gasteiger partial charge on any atom is 0.330 e. The van der Waals surface area contributed by atoms with Gasteiger partial charge in [-0.05, 0) is 80.5 Å². The Bertz CT molecular complexity index is 2380. The van der Waals surface area contributed by atoms with Crippen molar-refractivity contribution in [1.29, 1.82) is 0 Å². The van der Waals surface area contributed by atoms with E-state index in [9.17, 15) is 14.5 Å². The monoisotopic (exact) mass is 987 g/mol. The van der Waals surface area contributed by atoms with Crippen molar-refractivity contribution < 1.29 is 37.8 Å². The van der Waals surface area contributed by atoms with Gasteiger partial charge in [0.15, 0.2) is 12.5 Å². The van der Waals surface area contributed by atoms with Gasteiger partial charge in [-0.2, -0.15) is 0 Å². The first-order valence-corrected chi connectivity index (χ1v) is 24.0. The Hall–Kier alpha value is -3.14. The molecule has 2 N–H and O–H groups in total. The van der Waals surface area contributed by atoms with E-state index in [0.29, 0.717) is 11.5 Å². The van der Waals surface area contributed by atoms with Crippen LogP contribution in [0.25, 0.3) is 0 Å². The third kappa shape index (κ3) is 11.4. The lowest BCUT2D eigenvalue weighted by Crippen LogP contribution is -3.11. The molecule has 1 unspecified atom stereocenters. The van der Waals surface area contributed by atoms with Crippen LogP contribution in [0, 0.1) is 6.92 Å². The second-order valence-electron chi connectivity index (χ2n) is 14.1. The van der Waals surface area contributed by atoms with Crippen LogP contribution >= 0.6 is 64.7 Å². The SMILES string of the molecule is CC[NH+](CC)CC.COc1ccc(C(OC[C@H]2O[C@@H](n3cc(C)c(=O)[nH]c3=O)C[C@@H]2OP([O-])(=S)Oc2c(Cl)c(Cl)c(Cl)c(Cl)c2Cl)(c2ccccc2)c2ccc(OC)cc2)cc1. The van der Waals surface area contributed by atoms with Crippen molar-refractivity contribution in [3.05, 3.63) is 153 Å². The molecule has 62 heavy (non-hydrogen) atoms. The molecule has 0 radical (unpaired) electrons. The van der Waals surface area contributed by atoms with E-state index >= 15 is 0 Å². The van der Waals surface area contributed by atoms with Crippen LogP contribution in [0.5, 0.6) is 17.2 Å². The molecule has 19 heteroatoms. The van der Waals surface area contributed by atoms with Crippen molar-refractivity contribution in [3.8, 4) is 17.2 Å². The third-order valence-corrected chi connectivity index (χ3v) is 14.1. The van der Waals surface area contributed by atoms with E-state index in [4.69, 9.17) is 97.8 Å². The zero-order valence-corrected chi connectivity index (χ0v) is 40.2. The molecule has 0 aliphatic carbocycles. The Balaban J connectivity index is 0.000000955. The van der Waals surface area contributed by atoms with Gasteiger partial charge in [0, 0.05) is 18.2 Å². The molecule has 0 bridgehead atoms. The molecule has 5 aromatic rings. The topological polar surface area (TPSA) is 138 Å². The summed E-state index contributed by atoms with van der Waals surface area (Å²) in [4.78, 5) is 43.2. The van der Waals surface area contributed by atoms with Gasteiger partial charge >= 0.3 is 5.69 Å². The molecular weight excluding hydrogens is 943 g/mol. The third-order valence-electron chi connectivity index (χ3n) is 10.4. The fraction of sp³-hybridized carbons (Fsp3) is 0.349. The summed E-state index contributed by atoms with van der Waals surface area (Å²) in [7, 11) is 3.14. The van der Waals surface area contributed by atoms with Crippen LogP contribution in [0.2, 0.25) is 25.1 Å². The maximum atomic E-state index is 14.0. The number of quaternary nitrogens is 1. The van der Waals surface area contributed by atoms with Gasteiger partial charge in [0.1, 0.15) is 39.5 Å². The van der Waals surface area contributed by atoms with Crippen LogP contribution in [-0.2, 0) is 31.4 Å². The predicted octanol–water partition coefficient (Wildman–Crippen LogP) is 8.41. The molecule has 1 fully saturated rings. The van der Waals surface area contributed by atoms with E-state index in [-0.39, 0.29) is 43.7 Å². The molecule has 1 aromatic heterocycles. The van der Waals surface area contributed by atoms with E-state index in [1.165, 1.54) is 37.3 Å². The summed E-state index contributed by atoms with van der Waals surface area (Å²) in [6.45, 7) is 7.24. The molecule has 1 aliphatic rings. The number of benzene rings is 4. The molecule has 4 aromatic carbocycles. The molecule has 334 valence electrons. The van der Waals surface area contributed by atoms with Gasteiger partial charge in [-0.25, -0.2) is 4.79 Å². The minimum absolute atomic E-state index is 0.0869. The summed E-state index contributed by atoms with van der Waals surface area (Å²) in [6.07, 6.45) is -1.95. The summed E-state index contributed by atoms with van der Waals surface area (Å²) >= 11 is 36.6. The number of aromatic amines is 1. The molecular formula is C43H47Cl5N3O9PS. The lowest BCUT2D eigenvalue weighted by Gasteiger charge is -2.38. The first-order chi connectivity index (χ1) is 29.5. The fourth-order valence-corrected chi connectivity index (χ4v) is 9.79. The summed E-state index contributed by atoms with van der Waals surface area (Å²) in [5.74, 6) is 0.850. The lowest BCUT2D eigenvalue weighted by molar-refractivity contribution is -0.894. The number of methoxy groups -OCH3 is 2. The number of aryl methyl sites for hydroxylation is 1. The molecule has 0 amide bonds. The maximum absolute atomic E-state index is 14.0. The van der Waals surface area contributed by atoms with Crippen molar-refractivity contribution >= 4 is 76.5 Å². The number of aromatic nitrogens is 2. The molecule has 0 spiro atoms. The number of nitrogens with zero attached hydrogens (tertiary/aromatic N) is 1. The summed E-state index contributed by atoms with van der Waals surface area (Å²) in [5, 5.41) is -1.15. The molecule has 1 aliphatic heterocycles. The highest BCUT2D eigenvalue weighted by Crippen LogP contribution is 2.54. The Morgan fingerprint density at radius 3 is 1.76 bits per heavy atom. The van der Waals surface area contributed by atoms with Gasteiger partial charge in [-0.1, -0.05) is 113 Å². The number of nitrogens with one attached hydrogen (secondary N) is 2. The van der Waals surface area contributed by atoms with E-state index in [1.54, 1.807) is 19.1 Å². The van der Waals surface area contributed by atoms with Crippen molar-refractivity contribution in [2.75, 3.05) is 40.5 Å². The molecule has 4 atom stereocenters. The van der Waals surface area contributed by atoms with Gasteiger partial charge in [0.05, 0.1) is 61.6 Å². The highest BCUT2D eigenvalue weighted by atomic mass is 35.5. The first-order valence-electron chi connectivity index (χ1n) is 19.5. The molecule has 1 saturated heterocycles. The quantitative estimate of drug-likeness (QED) is 0.0429. The van der Waals surface area contributed by atoms with Crippen LogP contribution in [0.15, 0.2) is 94.6 Å². The Morgan fingerprint density at radius 1 is 0.806 bits per heavy atom. The second kappa shape index (κ2) is 22.2. The summed E-state index contributed by atoms with van der Waals surface area (Å²) in [5.41, 5.74) is -0.134. The fourth-order valence-electron chi connectivity index (χ4n) is 6.93. The van der Waals surface area contributed by atoms with E-state index < -0.39 is 47.8 Å². The van der Waals surface area contributed by atoms with Crippen molar-refractivity contribution in [1.82, 2.24) is 9.55 Å². The highest BCUT2D eigenvalue weighted by molar-refractivity contribution is 8.06. The average Bonchev–Trinajstić information content (AvgIpc) is 3.67. The summed E-state index contributed by atoms with van der Waals surface area (Å²) < 4.78 is 37.2.